The van der Waals surface area contributed by atoms with Crippen molar-refractivity contribution in [3.63, 3.8) is 0 Å². The molecular weight excluding hydrogens is 500 g/mol. The van der Waals surface area contributed by atoms with Gasteiger partial charge in [0.05, 0.1) is 0 Å². The first kappa shape index (κ1) is 38.4. The van der Waals surface area contributed by atoms with Gasteiger partial charge < -0.3 is 26.6 Å². The number of hydrogen-bond acceptors (Lipinski definition) is 5. The minimum absolute atomic E-state index is 0.282. The van der Waals surface area contributed by atoms with E-state index in [1.54, 1.807) is 0 Å². The Morgan fingerprint density at radius 1 is 0.639 bits per heavy atom. The molecule has 0 rings (SSSR count). The molecule has 0 bridgehead atoms. The van der Waals surface area contributed by atoms with Crippen LogP contribution in [0.15, 0.2) is 0 Å². The number of aliphatic carboxylic acids is 2. The smallest absolute Gasteiger partial charge is 0.475 e. The van der Waals surface area contributed by atoms with Gasteiger partial charge in [0.1, 0.15) is 0 Å². The van der Waals surface area contributed by atoms with Crippen molar-refractivity contribution in [2.45, 2.75) is 96.3 Å². The Morgan fingerprint density at radius 3 is 1.22 bits per heavy atom. The molecule has 1 amide bonds. The van der Waals surface area contributed by atoms with Gasteiger partial charge in [-0.3, -0.25) is 4.79 Å². The Kier molecular flexibility index (Phi) is 24.9. The van der Waals surface area contributed by atoms with Crippen molar-refractivity contribution in [3.8, 4) is 0 Å². The molecule has 6 N–H and O–H groups in total. The molecule has 0 fully saturated rings. The van der Waals surface area contributed by atoms with E-state index < -0.39 is 24.3 Å². The van der Waals surface area contributed by atoms with Crippen molar-refractivity contribution in [3.05, 3.63) is 0 Å². The van der Waals surface area contributed by atoms with Gasteiger partial charge in [-0.1, -0.05) is 58.3 Å². The van der Waals surface area contributed by atoms with E-state index in [0.717, 1.165) is 32.4 Å². The fraction of sp³-hybridized carbons (Fsp3) is 0.864. The number of rotatable bonds is 16. The molecule has 0 unspecified atom stereocenters. The van der Waals surface area contributed by atoms with E-state index in [0.29, 0.717) is 19.5 Å². The van der Waals surface area contributed by atoms with Crippen molar-refractivity contribution < 1.29 is 50.9 Å². The maximum Gasteiger partial charge on any atom is 0.490 e. The average molecular weight is 542 g/mol. The number of nitrogens with zero attached hydrogens (tertiary/aromatic N) is 1. The van der Waals surface area contributed by atoms with Crippen LogP contribution >= 0.6 is 0 Å². The lowest BCUT2D eigenvalue weighted by atomic mass is 10.1. The zero-order chi connectivity index (χ0) is 28.6. The molecule has 0 saturated heterocycles. The molecule has 0 heterocycles. The number of carbonyl (C=O) groups is 3. The second kappa shape index (κ2) is 23.3. The van der Waals surface area contributed by atoms with E-state index in [-0.39, 0.29) is 5.91 Å². The second-order valence-electron chi connectivity index (χ2n) is 7.85. The van der Waals surface area contributed by atoms with Crippen molar-refractivity contribution in [1.29, 1.82) is 0 Å². The van der Waals surface area contributed by atoms with Crippen LogP contribution in [0.2, 0.25) is 0 Å². The topological polar surface area (TPSA) is 147 Å². The number of unbranched alkanes of at least 4 members (excludes halogenated alkanes) is 8. The van der Waals surface area contributed by atoms with Gasteiger partial charge >= 0.3 is 24.3 Å². The minimum atomic E-state index is -5.08. The molecule has 0 aromatic rings. The van der Waals surface area contributed by atoms with Gasteiger partial charge in [-0.15, -0.1) is 0 Å². The summed E-state index contributed by atoms with van der Waals surface area (Å²) < 4.78 is 63.5. The molecular formula is C22H41F6N3O5. The molecule has 36 heavy (non-hydrogen) atoms. The highest BCUT2D eigenvalue weighted by atomic mass is 19.4. The summed E-state index contributed by atoms with van der Waals surface area (Å²) in [4.78, 5) is 31.9. The van der Waals surface area contributed by atoms with E-state index >= 15 is 0 Å². The Morgan fingerprint density at radius 2 is 0.944 bits per heavy atom. The summed E-state index contributed by atoms with van der Waals surface area (Å²) in [5.41, 5.74) is 11.1. The van der Waals surface area contributed by atoms with Crippen LogP contribution in [-0.4, -0.2) is 71.5 Å². The van der Waals surface area contributed by atoms with Gasteiger partial charge in [0, 0.05) is 19.5 Å². The van der Waals surface area contributed by atoms with E-state index in [1.807, 2.05) is 4.90 Å². The number of carboxylic acid groups (broad SMARTS) is 2. The van der Waals surface area contributed by atoms with E-state index in [9.17, 15) is 31.1 Å². The molecule has 8 nitrogen and oxygen atoms in total. The van der Waals surface area contributed by atoms with Gasteiger partial charge in [-0.25, -0.2) is 9.59 Å². The first-order chi connectivity index (χ1) is 16.6. The maximum absolute atomic E-state index is 12.2. The Balaban J connectivity index is -0.000000632. The molecule has 0 atom stereocenters. The van der Waals surface area contributed by atoms with Crippen molar-refractivity contribution >= 4 is 17.8 Å². The molecule has 0 spiro atoms. The van der Waals surface area contributed by atoms with Gasteiger partial charge in [-0.2, -0.15) is 26.3 Å². The molecule has 0 aliphatic rings. The summed E-state index contributed by atoms with van der Waals surface area (Å²) in [6, 6.07) is 0. The van der Waals surface area contributed by atoms with Gasteiger partial charge in [0.15, 0.2) is 0 Å². The number of hydrogen-bond donors (Lipinski definition) is 4. The highest BCUT2D eigenvalue weighted by Gasteiger charge is 2.38. The maximum atomic E-state index is 12.2. The summed E-state index contributed by atoms with van der Waals surface area (Å²) >= 11 is 0. The number of alkyl halides is 6. The monoisotopic (exact) mass is 541 g/mol. The van der Waals surface area contributed by atoms with Crippen LogP contribution in [0.25, 0.3) is 0 Å². The average Bonchev–Trinajstić information content (AvgIpc) is 2.77. The SMILES string of the molecule is CCCCCCCCCCCC(=O)N(CCCN)CCCN.O=C(O)C(F)(F)F.O=C(O)C(F)(F)F. The minimum Gasteiger partial charge on any atom is -0.475 e. The number of halogens is 6. The predicted octanol–water partition coefficient (Wildman–Crippen LogP) is 4.70. The lowest BCUT2D eigenvalue weighted by Gasteiger charge is -2.22. The van der Waals surface area contributed by atoms with Crippen molar-refractivity contribution in [2.75, 3.05) is 26.2 Å². The summed E-state index contributed by atoms with van der Waals surface area (Å²) in [5, 5.41) is 14.2. The largest absolute Gasteiger partial charge is 0.490 e. The van der Waals surface area contributed by atoms with Crippen LogP contribution in [0, 0.1) is 0 Å². The van der Waals surface area contributed by atoms with Crippen LogP contribution in [0.3, 0.4) is 0 Å². The highest BCUT2D eigenvalue weighted by Crippen LogP contribution is 2.14. The molecule has 0 aromatic heterocycles. The molecule has 216 valence electrons. The van der Waals surface area contributed by atoms with Gasteiger partial charge in [-0.05, 0) is 32.4 Å². The van der Waals surface area contributed by atoms with E-state index in [2.05, 4.69) is 6.92 Å². The van der Waals surface area contributed by atoms with Crippen molar-refractivity contribution in [1.82, 2.24) is 4.90 Å². The van der Waals surface area contributed by atoms with Crippen molar-refractivity contribution in [2.24, 2.45) is 11.5 Å². The van der Waals surface area contributed by atoms with E-state index in [4.69, 9.17) is 31.3 Å². The molecule has 0 saturated carbocycles. The third-order valence-electron chi connectivity index (χ3n) is 4.60. The zero-order valence-electron chi connectivity index (χ0n) is 20.8. The molecule has 0 radical (unpaired) electrons. The van der Waals surface area contributed by atoms with Crippen LogP contribution in [0.5, 0.6) is 0 Å². The van der Waals surface area contributed by atoms with Gasteiger partial charge in [0.25, 0.3) is 0 Å². The summed E-state index contributed by atoms with van der Waals surface area (Å²) in [7, 11) is 0. The third-order valence-corrected chi connectivity index (χ3v) is 4.60. The fourth-order valence-corrected chi connectivity index (χ4v) is 2.67. The second-order valence-corrected chi connectivity index (χ2v) is 7.85. The molecule has 14 heteroatoms. The summed E-state index contributed by atoms with van der Waals surface area (Å²) in [6.07, 6.45) is 3.87. The summed E-state index contributed by atoms with van der Waals surface area (Å²) in [6.45, 7) is 5.11. The number of nitrogens with two attached hydrogens (primary N) is 2. The van der Waals surface area contributed by atoms with Crippen LogP contribution in [0.4, 0.5) is 26.3 Å². The summed E-state index contributed by atoms with van der Waals surface area (Å²) in [5.74, 6) is -5.23. The Bertz CT molecular complexity index is 543. The fourth-order valence-electron chi connectivity index (χ4n) is 2.67. The molecule has 0 aliphatic heterocycles. The third kappa shape index (κ3) is 28.1. The number of carboxylic acids is 2. The van der Waals surface area contributed by atoms with Crippen LogP contribution in [-0.2, 0) is 14.4 Å². The predicted molar refractivity (Wildman–Crippen MR) is 123 cm³/mol. The highest BCUT2D eigenvalue weighted by molar-refractivity contribution is 5.76. The Labute approximate surface area is 208 Å². The van der Waals surface area contributed by atoms with Gasteiger partial charge in [0.2, 0.25) is 5.91 Å². The zero-order valence-corrected chi connectivity index (χ0v) is 20.8. The van der Waals surface area contributed by atoms with Crippen LogP contribution in [0.1, 0.15) is 84.0 Å². The lowest BCUT2D eigenvalue weighted by Crippen LogP contribution is -2.34. The molecule has 0 aliphatic carbocycles. The lowest BCUT2D eigenvalue weighted by molar-refractivity contribution is -0.193. The van der Waals surface area contributed by atoms with E-state index in [1.165, 1.54) is 51.4 Å². The number of amides is 1. The first-order valence-electron chi connectivity index (χ1n) is 11.9. The first-order valence-corrected chi connectivity index (χ1v) is 11.9. The normalized spacial score (nSPS) is 11.0. The number of carbonyl (C=O) groups excluding carboxylic acids is 1. The standard InChI is InChI=1S/C18H39N3O.2C2HF3O2/c1-2-3-4-5-6-7-8-9-10-13-18(22)21(16-11-14-19)17-12-15-20;2*3-2(4,5)1(6)7/h2-17,19-20H2,1H3;2*(H,6,7). The Hall–Kier alpha value is -2.09. The molecule has 0 aromatic carbocycles. The quantitative estimate of drug-likeness (QED) is 0.164. The van der Waals surface area contributed by atoms with Crippen LogP contribution < -0.4 is 11.5 Å².